The van der Waals surface area contributed by atoms with Gasteiger partial charge >= 0.3 is 0 Å². The highest BCUT2D eigenvalue weighted by Crippen LogP contribution is 2.39. The van der Waals surface area contributed by atoms with E-state index in [1.54, 1.807) is 6.20 Å². The van der Waals surface area contributed by atoms with Crippen molar-refractivity contribution in [1.82, 2.24) is 14.6 Å². The molecule has 10 nitrogen and oxygen atoms in total. The van der Waals surface area contributed by atoms with Crippen molar-refractivity contribution in [3.05, 3.63) is 47.4 Å². The fourth-order valence-corrected chi connectivity index (χ4v) is 4.02. The largest absolute Gasteiger partial charge is 0.487 e. The molecule has 4 heterocycles. The number of carbonyl (C=O) groups excluding carboxylic acids is 2. The number of ketones is 1. The summed E-state index contributed by atoms with van der Waals surface area (Å²) in [7, 11) is 0. The van der Waals surface area contributed by atoms with Crippen LogP contribution in [-0.2, 0) is 11.2 Å². The molecule has 2 aliphatic heterocycles. The average Bonchev–Trinajstić information content (AvgIpc) is 3.42. The Morgan fingerprint density at radius 2 is 2.06 bits per heavy atom. The molecule has 0 radical (unpaired) electrons. The first-order valence-electron chi connectivity index (χ1n) is 10.5. The third kappa shape index (κ3) is 3.67. The number of Topliss-reactive ketones (excluding diaryl/α,β-unsaturated/α-hetero) is 1. The molecule has 1 aromatic carbocycles. The number of rotatable bonds is 5. The van der Waals surface area contributed by atoms with Crippen LogP contribution in [-0.4, -0.2) is 70.4 Å². The number of carbonyl (C=O) groups is 2. The van der Waals surface area contributed by atoms with E-state index in [-0.39, 0.29) is 24.4 Å². The first-order chi connectivity index (χ1) is 15.5. The molecule has 1 amide bonds. The molecule has 10 heteroatoms. The number of aromatic nitrogens is 3. The van der Waals surface area contributed by atoms with E-state index < -0.39 is 0 Å². The van der Waals surface area contributed by atoms with Crippen molar-refractivity contribution < 1.29 is 24.2 Å². The lowest BCUT2D eigenvalue weighted by atomic mass is 10.1. The number of anilines is 2. The summed E-state index contributed by atoms with van der Waals surface area (Å²) in [6, 6.07) is 3.82. The number of amides is 1. The highest BCUT2D eigenvalue weighted by atomic mass is 16.5. The third-order valence-electron chi connectivity index (χ3n) is 5.73. The summed E-state index contributed by atoms with van der Waals surface area (Å²) in [5.41, 5.74) is 3.50. The maximum atomic E-state index is 13.2. The third-order valence-corrected chi connectivity index (χ3v) is 5.73. The molecule has 1 saturated heterocycles. The molecule has 0 bridgehead atoms. The van der Waals surface area contributed by atoms with Gasteiger partial charge in [-0.05, 0) is 13.0 Å². The highest BCUT2D eigenvalue weighted by Gasteiger charge is 2.27. The van der Waals surface area contributed by atoms with Gasteiger partial charge in [-0.2, -0.15) is 5.10 Å². The molecular formula is C22H23N5O5. The second kappa shape index (κ2) is 8.21. The summed E-state index contributed by atoms with van der Waals surface area (Å²) in [4.78, 5) is 31.2. The SMILES string of the molecule is CC(=O)c1cnc2c(C(=O)Nc3cc4c(cc3N3CCOCC3)OC(CO)C4)cnn2c1. The maximum Gasteiger partial charge on any atom is 0.261 e. The molecule has 32 heavy (non-hydrogen) atoms. The van der Waals surface area contributed by atoms with E-state index in [0.717, 1.165) is 17.0 Å². The zero-order chi connectivity index (χ0) is 22.2. The predicted octanol–water partition coefficient (Wildman–Crippen LogP) is 1.32. The number of hydrogen-bond donors (Lipinski definition) is 2. The number of fused-ring (bicyclic) bond motifs is 2. The molecule has 1 atom stereocenters. The van der Waals surface area contributed by atoms with Crippen LogP contribution in [0.1, 0.15) is 33.2 Å². The van der Waals surface area contributed by atoms with E-state index in [2.05, 4.69) is 20.3 Å². The molecule has 3 aromatic rings. The Bertz CT molecular complexity index is 1200. The normalized spacial score (nSPS) is 17.8. The molecule has 0 spiro atoms. The first kappa shape index (κ1) is 20.4. The van der Waals surface area contributed by atoms with Gasteiger partial charge in [-0.3, -0.25) is 9.59 Å². The summed E-state index contributed by atoms with van der Waals surface area (Å²) in [5.74, 6) is 0.241. The van der Waals surface area contributed by atoms with Gasteiger partial charge < -0.3 is 24.8 Å². The second-order valence-electron chi connectivity index (χ2n) is 7.88. The Hall–Kier alpha value is -3.50. The molecule has 2 aromatic heterocycles. The molecule has 0 saturated carbocycles. The zero-order valence-electron chi connectivity index (χ0n) is 17.6. The van der Waals surface area contributed by atoms with Crippen molar-refractivity contribution in [1.29, 1.82) is 0 Å². The fourth-order valence-electron chi connectivity index (χ4n) is 4.02. The van der Waals surface area contributed by atoms with E-state index in [0.29, 0.717) is 55.2 Å². The van der Waals surface area contributed by atoms with E-state index in [1.165, 1.54) is 23.8 Å². The van der Waals surface area contributed by atoms with E-state index in [1.807, 2.05) is 12.1 Å². The van der Waals surface area contributed by atoms with Gasteiger partial charge in [0.05, 0.1) is 43.0 Å². The molecule has 2 aliphatic rings. The molecule has 1 unspecified atom stereocenters. The van der Waals surface area contributed by atoms with Crippen molar-refractivity contribution in [2.75, 3.05) is 43.1 Å². The summed E-state index contributed by atoms with van der Waals surface area (Å²) < 4.78 is 12.7. The van der Waals surface area contributed by atoms with Crippen molar-refractivity contribution in [3.8, 4) is 5.75 Å². The van der Waals surface area contributed by atoms with Gasteiger partial charge in [0.2, 0.25) is 0 Å². The van der Waals surface area contributed by atoms with Crippen molar-refractivity contribution in [2.45, 2.75) is 19.4 Å². The van der Waals surface area contributed by atoms with E-state index in [9.17, 15) is 14.7 Å². The Kier molecular flexibility index (Phi) is 5.24. The zero-order valence-corrected chi connectivity index (χ0v) is 17.6. The van der Waals surface area contributed by atoms with Gasteiger partial charge in [0.1, 0.15) is 17.4 Å². The summed E-state index contributed by atoms with van der Waals surface area (Å²) in [6.07, 6.45) is 4.73. The molecule has 166 valence electrons. The Labute approximate surface area is 183 Å². The van der Waals surface area contributed by atoms with Gasteiger partial charge in [-0.15, -0.1) is 0 Å². The first-order valence-corrected chi connectivity index (χ1v) is 10.5. The maximum absolute atomic E-state index is 13.2. The number of nitrogens with one attached hydrogen (secondary N) is 1. The number of hydrogen-bond acceptors (Lipinski definition) is 8. The minimum Gasteiger partial charge on any atom is -0.487 e. The number of ether oxygens (including phenoxy) is 2. The van der Waals surface area contributed by atoms with Crippen molar-refractivity contribution in [2.24, 2.45) is 0 Å². The van der Waals surface area contributed by atoms with Gasteiger partial charge in [0.25, 0.3) is 5.91 Å². The standard InChI is InChI=1S/C22H23N5O5/c1-13(29)15-9-23-21-17(10-24-27(21)11-15)22(30)25-18-7-14-6-16(12-28)32-20(14)8-19(18)26-2-4-31-5-3-26/h7-11,16,28H,2-6,12H2,1H3,(H,25,30). The van der Waals surface area contributed by atoms with Gasteiger partial charge in [-0.25, -0.2) is 9.50 Å². The van der Waals surface area contributed by atoms with Crippen LogP contribution < -0.4 is 15.0 Å². The minimum atomic E-state index is -0.352. The van der Waals surface area contributed by atoms with Gasteiger partial charge in [-0.1, -0.05) is 0 Å². The average molecular weight is 437 g/mol. The number of nitrogens with zero attached hydrogens (tertiary/aromatic N) is 4. The molecular weight excluding hydrogens is 414 g/mol. The van der Waals surface area contributed by atoms with Crippen LogP contribution in [0.15, 0.2) is 30.7 Å². The fraction of sp³-hybridized carbons (Fsp3) is 0.364. The quantitative estimate of drug-likeness (QED) is 0.574. The lowest BCUT2D eigenvalue weighted by Crippen LogP contribution is -2.36. The van der Waals surface area contributed by atoms with Crippen LogP contribution in [0.5, 0.6) is 5.75 Å². The van der Waals surface area contributed by atoms with Crippen LogP contribution in [0, 0.1) is 0 Å². The van der Waals surface area contributed by atoms with Crippen LogP contribution in [0.2, 0.25) is 0 Å². The summed E-state index contributed by atoms with van der Waals surface area (Å²) in [5, 5.41) is 16.7. The molecule has 1 fully saturated rings. The molecule has 5 rings (SSSR count). The van der Waals surface area contributed by atoms with Gasteiger partial charge in [0, 0.05) is 43.5 Å². The molecule has 0 aliphatic carbocycles. The number of morpholine rings is 1. The number of aliphatic hydroxyl groups is 1. The highest BCUT2D eigenvalue weighted by molar-refractivity contribution is 6.09. The van der Waals surface area contributed by atoms with Gasteiger partial charge in [0.15, 0.2) is 11.4 Å². The van der Waals surface area contributed by atoms with Crippen LogP contribution >= 0.6 is 0 Å². The van der Waals surface area contributed by atoms with Crippen molar-refractivity contribution >= 4 is 28.7 Å². The van der Waals surface area contributed by atoms with Crippen molar-refractivity contribution in [3.63, 3.8) is 0 Å². The Balaban J connectivity index is 1.48. The van der Waals surface area contributed by atoms with Crippen LogP contribution in [0.4, 0.5) is 11.4 Å². The Morgan fingerprint density at radius 1 is 1.25 bits per heavy atom. The van der Waals surface area contributed by atoms with Crippen LogP contribution in [0.25, 0.3) is 5.65 Å². The Morgan fingerprint density at radius 3 is 2.81 bits per heavy atom. The number of benzene rings is 1. The minimum absolute atomic E-state index is 0.0699. The number of aliphatic hydroxyl groups excluding tert-OH is 1. The topological polar surface area (TPSA) is 118 Å². The lowest BCUT2D eigenvalue weighted by Gasteiger charge is -2.31. The van der Waals surface area contributed by atoms with E-state index >= 15 is 0 Å². The smallest absolute Gasteiger partial charge is 0.261 e. The lowest BCUT2D eigenvalue weighted by molar-refractivity contribution is 0.101. The molecule has 2 N–H and O–H groups in total. The summed E-state index contributed by atoms with van der Waals surface area (Å²) in [6.45, 7) is 3.96. The second-order valence-corrected chi connectivity index (χ2v) is 7.88. The predicted molar refractivity (Wildman–Crippen MR) is 116 cm³/mol. The monoisotopic (exact) mass is 437 g/mol. The van der Waals surface area contributed by atoms with Crippen LogP contribution in [0.3, 0.4) is 0 Å². The summed E-state index contributed by atoms with van der Waals surface area (Å²) >= 11 is 0. The van der Waals surface area contributed by atoms with E-state index in [4.69, 9.17) is 9.47 Å².